The Hall–Kier alpha value is -2.33. The lowest BCUT2D eigenvalue weighted by Gasteiger charge is -2.05. The Balaban J connectivity index is 1.58. The van der Waals surface area contributed by atoms with Crippen LogP contribution in [0.1, 0.15) is 17.4 Å². The highest BCUT2D eigenvalue weighted by atomic mass is 32.1. The molecule has 2 N–H and O–H groups in total. The first-order chi connectivity index (χ1) is 10.7. The van der Waals surface area contributed by atoms with Gasteiger partial charge in [-0.3, -0.25) is 4.79 Å². The molecule has 0 bridgehead atoms. The SMILES string of the molecule is C/C(=C\c1cccs1)C(=O)NCCc1c[nH]c2ccccc12. The van der Waals surface area contributed by atoms with Crippen LogP contribution in [-0.2, 0) is 11.2 Å². The lowest BCUT2D eigenvalue weighted by atomic mass is 10.1. The Bertz CT molecular complexity index is 799. The quantitative estimate of drug-likeness (QED) is 0.688. The number of carbonyl (C=O) groups excluding carboxylic acids is 1. The number of para-hydroxylation sites is 1. The number of hydrogen-bond donors (Lipinski definition) is 2. The normalized spacial score (nSPS) is 11.8. The van der Waals surface area contributed by atoms with Crippen molar-refractivity contribution in [2.45, 2.75) is 13.3 Å². The van der Waals surface area contributed by atoms with Crippen LogP contribution in [0.5, 0.6) is 0 Å². The molecule has 0 atom stereocenters. The van der Waals surface area contributed by atoms with Gasteiger partial charge in [0.05, 0.1) is 0 Å². The molecule has 2 aromatic heterocycles. The third-order valence-corrected chi connectivity index (χ3v) is 4.43. The summed E-state index contributed by atoms with van der Waals surface area (Å²) in [5, 5.41) is 6.21. The van der Waals surface area contributed by atoms with Gasteiger partial charge in [-0.2, -0.15) is 0 Å². The van der Waals surface area contributed by atoms with Gasteiger partial charge in [0, 0.05) is 34.1 Å². The number of benzene rings is 1. The second-order valence-electron chi connectivity index (χ2n) is 5.21. The minimum atomic E-state index is -0.00626. The maximum Gasteiger partial charge on any atom is 0.246 e. The topological polar surface area (TPSA) is 44.9 Å². The molecule has 22 heavy (non-hydrogen) atoms. The number of carbonyl (C=O) groups is 1. The molecule has 0 radical (unpaired) electrons. The van der Waals surface area contributed by atoms with Gasteiger partial charge >= 0.3 is 0 Å². The lowest BCUT2D eigenvalue weighted by Crippen LogP contribution is -2.26. The molecule has 1 aromatic carbocycles. The van der Waals surface area contributed by atoms with E-state index in [0.717, 1.165) is 22.4 Å². The predicted molar refractivity (Wildman–Crippen MR) is 93.0 cm³/mol. The van der Waals surface area contributed by atoms with Crippen LogP contribution in [0, 0.1) is 0 Å². The molecule has 0 aliphatic carbocycles. The van der Waals surface area contributed by atoms with Crippen LogP contribution in [0.4, 0.5) is 0 Å². The van der Waals surface area contributed by atoms with E-state index >= 15 is 0 Å². The van der Waals surface area contributed by atoms with Crippen molar-refractivity contribution in [3.8, 4) is 0 Å². The molecule has 0 spiro atoms. The van der Waals surface area contributed by atoms with E-state index in [1.54, 1.807) is 11.3 Å². The number of rotatable bonds is 5. The number of aromatic nitrogens is 1. The number of fused-ring (bicyclic) bond motifs is 1. The first-order valence-electron chi connectivity index (χ1n) is 7.29. The fourth-order valence-electron chi connectivity index (χ4n) is 2.44. The van der Waals surface area contributed by atoms with Gasteiger partial charge in [0.15, 0.2) is 0 Å². The smallest absolute Gasteiger partial charge is 0.246 e. The van der Waals surface area contributed by atoms with Gasteiger partial charge < -0.3 is 10.3 Å². The van der Waals surface area contributed by atoms with Gasteiger partial charge in [0.2, 0.25) is 5.91 Å². The van der Waals surface area contributed by atoms with Crippen LogP contribution in [0.2, 0.25) is 0 Å². The minimum absolute atomic E-state index is 0.00626. The summed E-state index contributed by atoms with van der Waals surface area (Å²) < 4.78 is 0. The highest BCUT2D eigenvalue weighted by Gasteiger charge is 2.06. The van der Waals surface area contributed by atoms with E-state index in [0.29, 0.717) is 6.54 Å². The number of hydrogen-bond acceptors (Lipinski definition) is 2. The van der Waals surface area contributed by atoms with E-state index in [9.17, 15) is 4.79 Å². The Labute approximate surface area is 133 Å². The monoisotopic (exact) mass is 310 g/mol. The van der Waals surface area contributed by atoms with Crippen molar-refractivity contribution in [3.63, 3.8) is 0 Å². The highest BCUT2D eigenvalue weighted by molar-refractivity contribution is 7.10. The first-order valence-corrected chi connectivity index (χ1v) is 8.17. The Kier molecular flexibility index (Phi) is 4.39. The third-order valence-electron chi connectivity index (χ3n) is 3.61. The molecule has 0 aliphatic rings. The Morgan fingerprint density at radius 3 is 2.95 bits per heavy atom. The van der Waals surface area contributed by atoms with Crippen molar-refractivity contribution in [3.05, 3.63) is 64.0 Å². The second kappa shape index (κ2) is 6.62. The van der Waals surface area contributed by atoms with Gasteiger partial charge in [-0.05, 0) is 42.5 Å². The molecule has 3 rings (SSSR count). The van der Waals surface area contributed by atoms with E-state index in [2.05, 4.69) is 22.4 Å². The molecule has 4 heteroatoms. The van der Waals surface area contributed by atoms with Crippen molar-refractivity contribution in [1.82, 2.24) is 10.3 Å². The van der Waals surface area contributed by atoms with Gasteiger partial charge in [0.25, 0.3) is 0 Å². The van der Waals surface area contributed by atoms with Crippen LogP contribution in [0.15, 0.2) is 53.5 Å². The zero-order valence-electron chi connectivity index (χ0n) is 12.4. The number of nitrogens with one attached hydrogen (secondary N) is 2. The van der Waals surface area contributed by atoms with E-state index in [1.807, 2.05) is 48.8 Å². The molecular formula is C18H18N2OS. The predicted octanol–water partition coefficient (Wildman–Crippen LogP) is 3.99. The average molecular weight is 310 g/mol. The van der Waals surface area contributed by atoms with Crippen LogP contribution in [0.25, 0.3) is 17.0 Å². The number of H-pyrrole nitrogens is 1. The maximum atomic E-state index is 12.1. The molecule has 0 unspecified atom stereocenters. The summed E-state index contributed by atoms with van der Waals surface area (Å²) in [6.07, 6.45) is 4.76. The largest absolute Gasteiger partial charge is 0.361 e. The average Bonchev–Trinajstić information content (AvgIpc) is 3.17. The van der Waals surface area contributed by atoms with Gasteiger partial charge in [-0.25, -0.2) is 0 Å². The summed E-state index contributed by atoms with van der Waals surface area (Å²) in [6, 6.07) is 12.2. The molecule has 0 aliphatic heterocycles. The number of amides is 1. The number of thiophene rings is 1. The van der Waals surface area contributed by atoms with Gasteiger partial charge in [0.1, 0.15) is 0 Å². The lowest BCUT2D eigenvalue weighted by molar-refractivity contribution is -0.117. The Morgan fingerprint density at radius 2 is 2.14 bits per heavy atom. The third kappa shape index (κ3) is 3.28. The van der Waals surface area contributed by atoms with Gasteiger partial charge in [-0.1, -0.05) is 24.3 Å². The number of aromatic amines is 1. The highest BCUT2D eigenvalue weighted by Crippen LogP contribution is 2.18. The maximum absolute atomic E-state index is 12.1. The standard InChI is InChI=1S/C18H18N2OS/c1-13(11-15-5-4-10-22-15)18(21)19-9-8-14-12-20-17-7-3-2-6-16(14)17/h2-7,10-12,20H,8-9H2,1H3,(H,19,21)/b13-11+. The minimum Gasteiger partial charge on any atom is -0.361 e. The van der Waals surface area contributed by atoms with E-state index in [1.165, 1.54) is 10.9 Å². The van der Waals surface area contributed by atoms with Crippen molar-refractivity contribution >= 4 is 34.2 Å². The van der Waals surface area contributed by atoms with Gasteiger partial charge in [-0.15, -0.1) is 11.3 Å². The second-order valence-corrected chi connectivity index (χ2v) is 6.19. The summed E-state index contributed by atoms with van der Waals surface area (Å²) in [5.74, 6) is -0.00626. The van der Waals surface area contributed by atoms with Crippen LogP contribution >= 0.6 is 11.3 Å². The Morgan fingerprint density at radius 1 is 1.27 bits per heavy atom. The first kappa shape index (κ1) is 14.6. The summed E-state index contributed by atoms with van der Waals surface area (Å²) in [6.45, 7) is 2.48. The van der Waals surface area contributed by atoms with Crippen molar-refractivity contribution in [1.29, 1.82) is 0 Å². The molecule has 3 aromatic rings. The van der Waals surface area contributed by atoms with Crippen LogP contribution < -0.4 is 5.32 Å². The van der Waals surface area contributed by atoms with E-state index in [4.69, 9.17) is 0 Å². The van der Waals surface area contributed by atoms with Crippen molar-refractivity contribution < 1.29 is 4.79 Å². The summed E-state index contributed by atoms with van der Waals surface area (Å²) in [4.78, 5) is 16.4. The molecule has 0 saturated carbocycles. The molecule has 0 saturated heterocycles. The van der Waals surface area contributed by atoms with E-state index in [-0.39, 0.29) is 5.91 Å². The molecule has 2 heterocycles. The van der Waals surface area contributed by atoms with Crippen LogP contribution in [0.3, 0.4) is 0 Å². The van der Waals surface area contributed by atoms with Crippen molar-refractivity contribution in [2.24, 2.45) is 0 Å². The fourth-order valence-corrected chi connectivity index (χ4v) is 3.16. The zero-order valence-corrected chi connectivity index (χ0v) is 13.2. The fraction of sp³-hybridized carbons (Fsp3) is 0.167. The molecule has 1 amide bonds. The molecule has 0 fully saturated rings. The molecule has 3 nitrogen and oxygen atoms in total. The van der Waals surface area contributed by atoms with Crippen molar-refractivity contribution in [2.75, 3.05) is 6.54 Å². The molecule has 112 valence electrons. The van der Waals surface area contributed by atoms with Crippen LogP contribution in [-0.4, -0.2) is 17.4 Å². The summed E-state index contributed by atoms with van der Waals surface area (Å²) >= 11 is 1.63. The summed E-state index contributed by atoms with van der Waals surface area (Å²) in [7, 11) is 0. The summed E-state index contributed by atoms with van der Waals surface area (Å²) in [5.41, 5.74) is 3.11. The zero-order chi connectivity index (χ0) is 15.4. The molecular weight excluding hydrogens is 292 g/mol. The van der Waals surface area contributed by atoms with E-state index < -0.39 is 0 Å².